The van der Waals surface area contributed by atoms with Crippen molar-refractivity contribution < 1.29 is 65.2 Å². The molecule has 304 valence electrons. The molecule has 0 heterocycles. The third kappa shape index (κ3) is 28.9. The van der Waals surface area contributed by atoms with E-state index in [-0.39, 0.29) is 36.9 Å². The van der Waals surface area contributed by atoms with E-state index in [1.165, 1.54) is 21.9 Å². The Morgan fingerprint density at radius 3 is 1.25 bits per heavy atom. The van der Waals surface area contributed by atoms with Gasteiger partial charge in [-0.1, -0.05) is 17.7 Å². The van der Waals surface area contributed by atoms with Gasteiger partial charge in [-0.05, 0) is 60.6 Å². The number of amides is 2. The Hall–Kier alpha value is -2.61. The molecule has 0 unspecified atom stereocenters. The Morgan fingerprint density at radius 1 is 0.577 bits per heavy atom. The second kappa shape index (κ2) is 27.9. The molecule has 0 radical (unpaired) electrons. The molecule has 1 N–H and O–H groups in total. The zero-order valence-electron chi connectivity index (χ0n) is 32.7. The number of carbonyl (C=O) groups is 2. The van der Waals surface area contributed by atoms with Crippen LogP contribution in [0.5, 0.6) is 0 Å². The van der Waals surface area contributed by atoms with Gasteiger partial charge in [0.05, 0.1) is 97.4 Å². The summed E-state index contributed by atoms with van der Waals surface area (Å²) in [5, 5.41) is 8.49. The molecule has 0 aliphatic carbocycles. The number of carbonyl (C=O) groups excluding carboxylic acids is 2. The van der Waals surface area contributed by atoms with Crippen molar-refractivity contribution >= 4 is 22.3 Å². The third-order valence-corrected chi connectivity index (χ3v) is 7.38. The number of rotatable bonds is 25. The first kappa shape index (κ1) is 49.4. The van der Waals surface area contributed by atoms with Crippen LogP contribution in [0.4, 0.5) is 9.59 Å². The maximum Gasteiger partial charge on any atom is 0.410 e. The van der Waals surface area contributed by atoms with Gasteiger partial charge in [0, 0.05) is 27.2 Å². The first-order valence-electron chi connectivity index (χ1n) is 17.3. The Balaban J connectivity index is 0.00000108. The van der Waals surface area contributed by atoms with Crippen LogP contribution in [0.1, 0.15) is 47.1 Å². The third-order valence-electron chi connectivity index (χ3n) is 6.05. The molecule has 16 nitrogen and oxygen atoms in total. The van der Waals surface area contributed by atoms with Crippen LogP contribution in [0.3, 0.4) is 0 Å². The molecule has 2 amide bonds. The molecule has 52 heavy (non-hydrogen) atoms. The molecule has 17 heteroatoms. The average Bonchev–Trinajstić information content (AvgIpc) is 3.04. The molecule has 0 aliphatic rings. The van der Waals surface area contributed by atoms with Crippen molar-refractivity contribution in [1.82, 2.24) is 9.80 Å². The molecule has 0 atom stereocenters. The molecule has 0 saturated carbocycles. The van der Waals surface area contributed by atoms with Gasteiger partial charge in [-0.25, -0.2) is 9.59 Å². The molecular weight excluding hydrogens is 704 g/mol. The van der Waals surface area contributed by atoms with E-state index in [1.54, 1.807) is 26.2 Å². The van der Waals surface area contributed by atoms with Crippen molar-refractivity contribution in [2.75, 3.05) is 120 Å². The fourth-order valence-electron chi connectivity index (χ4n) is 3.39. The highest BCUT2D eigenvalue weighted by Gasteiger charge is 2.20. The summed E-state index contributed by atoms with van der Waals surface area (Å²) in [6.07, 6.45) is -0.747. The highest BCUT2D eigenvalue weighted by Crippen LogP contribution is 2.13. The first-order valence-corrected chi connectivity index (χ1v) is 18.7. The fraction of sp³-hybridized carbons (Fsp3) is 0.771. The number of hydrogen-bond acceptors (Lipinski definition) is 14. The number of aryl methyl sites for hydroxylation is 1. The lowest BCUT2D eigenvalue weighted by Crippen LogP contribution is -2.36. The van der Waals surface area contributed by atoms with Crippen LogP contribution >= 0.6 is 0 Å². The number of aliphatic hydroxyl groups is 1. The van der Waals surface area contributed by atoms with E-state index in [0.29, 0.717) is 85.8 Å². The standard InChI is InChI=1S/C21H35NO8S.C14H29NO6/c1-18-6-8-19(9-7-18)31(24,25)29-17-16-28-15-14-27-13-12-26-11-10-22(5)20(23)30-21(2,3)4;1-14(2,3)21-13(17)15(4)5-7-18-9-11-20-12-10-19-8-6-16/h6-9H,10-17H2,1-5H3;16H,5-12H2,1-4H3. The highest BCUT2D eigenvalue weighted by atomic mass is 32.2. The van der Waals surface area contributed by atoms with E-state index < -0.39 is 21.3 Å². The minimum absolute atomic E-state index is 0.0221. The van der Waals surface area contributed by atoms with Crippen molar-refractivity contribution in [3.63, 3.8) is 0 Å². The van der Waals surface area contributed by atoms with Crippen LogP contribution in [-0.4, -0.2) is 166 Å². The number of benzene rings is 1. The normalized spacial score (nSPS) is 11.8. The lowest BCUT2D eigenvalue weighted by Gasteiger charge is -2.24. The lowest BCUT2D eigenvalue weighted by atomic mass is 10.2. The summed E-state index contributed by atoms with van der Waals surface area (Å²) < 4.78 is 71.1. The van der Waals surface area contributed by atoms with Gasteiger partial charge in [-0.15, -0.1) is 0 Å². The number of nitrogens with zero attached hydrogens (tertiary/aromatic N) is 2. The predicted octanol–water partition coefficient (Wildman–Crippen LogP) is 3.51. The summed E-state index contributed by atoms with van der Waals surface area (Å²) >= 11 is 0. The van der Waals surface area contributed by atoms with Gasteiger partial charge in [0.15, 0.2) is 0 Å². The van der Waals surface area contributed by atoms with E-state index in [9.17, 15) is 18.0 Å². The monoisotopic (exact) mass is 768 g/mol. The molecule has 0 saturated heterocycles. The van der Waals surface area contributed by atoms with Gasteiger partial charge in [0.1, 0.15) is 11.2 Å². The number of likely N-dealkylation sites (N-methyl/N-ethyl adjacent to an activating group) is 2. The first-order chi connectivity index (χ1) is 24.4. The molecule has 0 fully saturated rings. The molecule has 0 aromatic heterocycles. The molecule has 1 aromatic carbocycles. The summed E-state index contributed by atoms with van der Waals surface area (Å²) in [4.78, 5) is 26.5. The smallest absolute Gasteiger partial charge is 0.410 e. The molecule has 0 aliphatic heterocycles. The Kier molecular flexibility index (Phi) is 26.5. The van der Waals surface area contributed by atoms with Gasteiger partial charge >= 0.3 is 12.2 Å². The summed E-state index contributed by atoms with van der Waals surface area (Å²) in [5.74, 6) is 0. The molecule has 1 aromatic rings. The zero-order chi connectivity index (χ0) is 39.5. The number of hydrogen-bond donors (Lipinski definition) is 1. The predicted molar refractivity (Wildman–Crippen MR) is 194 cm³/mol. The van der Waals surface area contributed by atoms with Crippen LogP contribution in [0, 0.1) is 6.92 Å². The summed E-state index contributed by atoms with van der Waals surface area (Å²) in [7, 11) is -0.441. The molecular formula is C35H64N2O14S. The average molecular weight is 769 g/mol. The van der Waals surface area contributed by atoms with E-state index in [0.717, 1.165) is 5.56 Å². The largest absolute Gasteiger partial charge is 0.444 e. The van der Waals surface area contributed by atoms with Gasteiger partial charge in [-0.3, -0.25) is 4.18 Å². The summed E-state index contributed by atoms with van der Waals surface area (Å²) in [6.45, 7) is 18.3. The second-order valence-electron chi connectivity index (χ2n) is 13.3. The molecule has 0 bridgehead atoms. The highest BCUT2D eigenvalue weighted by molar-refractivity contribution is 7.86. The zero-order valence-corrected chi connectivity index (χ0v) is 33.5. The van der Waals surface area contributed by atoms with E-state index in [4.69, 9.17) is 47.2 Å². The maximum atomic E-state index is 12.0. The summed E-state index contributed by atoms with van der Waals surface area (Å²) in [6, 6.07) is 6.45. The van der Waals surface area contributed by atoms with Crippen molar-refractivity contribution in [3.05, 3.63) is 29.8 Å². The quantitative estimate of drug-likeness (QED) is 0.113. The van der Waals surface area contributed by atoms with Gasteiger partial charge in [-0.2, -0.15) is 8.42 Å². The minimum Gasteiger partial charge on any atom is -0.444 e. The van der Waals surface area contributed by atoms with Gasteiger partial charge in [0.25, 0.3) is 10.1 Å². The van der Waals surface area contributed by atoms with Crippen LogP contribution in [0.15, 0.2) is 29.2 Å². The van der Waals surface area contributed by atoms with Crippen molar-refractivity contribution in [3.8, 4) is 0 Å². The van der Waals surface area contributed by atoms with Crippen LogP contribution in [0.2, 0.25) is 0 Å². The SMILES string of the molecule is CN(CCOCCOCCOCCO)C(=O)OC(C)(C)C.Cc1ccc(S(=O)(=O)OCCOCCOCCOCCN(C)C(=O)OC(C)(C)C)cc1. The van der Waals surface area contributed by atoms with Crippen LogP contribution < -0.4 is 0 Å². The Bertz CT molecular complexity index is 1170. The van der Waals surface area contributed by atoms with E-state index >= 15 is 0 Å². The van der Waals surface area contributed by atoms with E-state index in [2.05, 4.69) is 0 Å². The van der Waals surface area contributed by atoms with Gasteiger partial charge in [0.2, 0.25) is 0 Å². The van der Waals surface area contributed by atoms with Crippen LogP contribution in [0.25, 0.3) is 0 Å². The second-order valence-corrected chi connectivity index (χ2v) is 14.9. The summed E-state index contributed by atoms with van der Waals surface area (Å²) in [5.41, 5.74) is -0.0392. The molecule has 0 spiro atoms. The van der Waals surface area contributed by atoms with Crippen molar-refractivity contribution in [1.29, 1.82) is 0 Å². The van der Waals surface area contributed by atoms with Crippen molar-refractivity contribution in [2.24, 2.45) is 0 Å². The molecule has 1 rings (SSSR count). The number of aliphatic hydroxyl groups excluding tert-OH is 1. The lowest BCUT2D eigenvalue weighted by molar-refractivity contribution is 0.000870. The fourth-order valence-corrected chi connectivity index (χ4v) is 4.28. The topological polar surface area (TPSA) is 178 Å². The maximum absolute atomic E-state index is 12.0. The Labute approximate surface area is 311 Å². The minimum atomic E-state index is -3.77. The van der Waals surface area contributed by atoms with E-state index in [1.807, 2.05) is 48.5 Å². The number of ether oxygens (including phenoxy) is 8. The Morgan fingerprint density at radius 2 is 0.904 bits per heavy atom. The van der Waals surface area contributed by atoms with Crippen molar-refractivity contribution in [2.45, 2.75) is 64.6 Å². The van der Waals surface area contributed by atoms with Gasteiger partial charge < -0.3 is 52.8 Å². The van der Waals surface area contributed by atoms with Crippen LogP contribution in [-0.2, 0) is 52.2 Å².